The predicted molar refractivity (Wildman–Crippen MR) is 74.9 cm³/mol. The molecule has 1 amide bonds. The zero-order valence-corrected chi connectivity index (χ0v) is 11.7. The Morgan fingerprint density at radius 3 is 2.60 bits per heavy atom. The van der Waals surface area contributed by atoms with Gasteiger partial charge in [0.05, 0.1) is 23.3 Å². The fraction of sp³-hybridized carbons (Fsp3) is 0.429. The summed E-state index contributed by atoms with van der Waals surface area (Å²) in [7, 11) is 0. The van der Waals surface area contributed by atoms with Gasteiger partial charge in [-0.25, -0.2) is 0 Å². The van der Waals surface area contributed by atoms with E-state index in [2.05, 4.69) is 15.1 Å². The van der Waals surface area contributed by atoms with E-state index in [9.17, 15) is 4.79 Å². The number of anilines is 1. The molecule has 2 aromatic rings. The van der Waals surface area contributed by atoms with E-state index in [1.54, 1.807) is 12.1 Å². The number of aromatic amines is 1. The van der Waals surface area contributed by atoms with Crippen molar-refractivity contribution in [1.29, 1.82) is 0 Å². The van der Waals surface area contributed by atoms with Gasteiger partial charge in [0.25, 0.3) is 5.91 Å². The van der Waals surface area contributed by atoms with Crippen molar-refractivity contribution in [3.8, 4) is 0 Å². The molecule has 3 rings (SSSR count). The van der Waals surface area contributed by atoms with Crippen LogP contribution in [0, 0.1) is 13.8 Å². The summed E-state index contributed by atoms with van der Waals surface area (Å²) < 4.78 is 5.17. The largest absolute Gasteiger partial charge is 0.459 e. The highest BCUT2D eigenvalue weighted by atomic mass is 16.3. The lowest BCUT2D eigenvalue weighted by Crippen LogP contribution is -2.49. The number of hydrogen-bond acceptors (Lipinski definition) is 4. The van der Waals surface area contributed by atoms with Crippen LogP contribution in [0.2, 0.25) is 0 Å². The Kier molecular flexibility index (Phi) is 3.22. The van der Waals surface area contributed by atoms with E-state index in [-0.39, 0.29) is 5.91 Å². The van der Waals surface area contributed by atoms with E-state index in [0.717, 1.165) is 30.2 Å². The number of aryl methyl sites for hydroxylation is 2. The SMILES string of the molecule is Cc1n[nH]c(C)c1N1CCN(C(=O)c2ccco2)CC1. The lowest BCUT2D eigenvalue weighted by molar-refractivity contribution is 0.0714. The fourth-order valence-electron chi connectivity index (χ4n) is 2.70. The van der Waals surface area contributed by atoms with E-state index in [4.69, 9.17) is 4.42 Å². The van der Waals surface area contributed by atoms with Gasteiger partial charge >= 0.3 is 0 Å². The number of piperazine rings is 1. The van der Waals surface area contributed by atoms with Crippen molar-refractivity contribution in [3.05, 3.63) is 35.5 Å². The number of furan rings is 1. The third-order valence-corrected chi connectivity index (χ3v) is 3.70. The normalized spacial score (nSPS) is 15.7. The molecule has 6 nitrogen and oxygen atoms in total. The van der Waals surface area contributed by atoms with Gasteiger partial charge in [0.1, 0.15) is 0 Å². The van der Waals surface area contributed by atoms with Crippen LogP contribution < -0.4 is 4.90 Å². The second kappa shape index (κ2) is 5.03. The number of amides is 1. The molecule has 0 unspecified atom stereocenters. The second-order valence-electron chi connectivity index (χ2n) is 5.04. The highest BCUT2D eigenvalue weighted by Crippen LogP contribution is 2.23. The zero-order valence-electron chi connectivity index (χ0n) is 11.7. The van der Waals surface area contributed by atoms with Crippen molar-refractivity contribution in [2.75, 3.05) is 31.1 Å². The van der Waals surface area contributed by atoms with Crippen LogP contribution in [0.5, 0.6) is 0 Å². The Morgan fingerprint density at radius 2 is 2.05 bits per heavy atom. The molecule has 0 bridgehead atoms. The van der Waals surface area contributed by atoms with Gasteiger partial charge in [-0.1, -0.05) is 0 Å². The highest BCUT2D eigenvalue weighted by Gasteiger charge is 2.25. The van der Waals surface area contributed by atoms with E-state index < -0.39 is 0 Å². The molecule has 6 heteroatoms. The summed E-state index contributed by atoms with van der Waals surface area (Å²) >= 11 is 0. The number of H-pyrrole nitrogens is 1. The molecule has 0 aliphatic carbocycles. The van der Waals surface area contributed by atoms with E-state index in [0.29, 0.717) is 18.8 Å². The summed E-state index contributed by atoms with van der Waals surface area (Å²) in [6.07, 6.45) is 1.53. The van der Waals surface area contributed by atoms with Crippen LogP contribution in [0.3, 0.4) is 0 Å². The third kappa shape index (κ3) is 2.17. The van der Waals surface area contributed by atoms with Crippen LogP contribution in [-0.4, -0.2) is 47.2 Å². The quantitative estimate of drug-likeness (QED) is 0.903. The molecular weight excluding hydrogens is 256 g/mol. The van der Waals surface area contributed by atoms with E-state index in [1.165, 1.54) is 6.26 Å². The van der Waals surface area contributed by atoms with Crippen LogP contribution in [-0.2, 0) is 0 Å². The molecule has 1 aliphatic heterocycles. The summed E-state index contributed by atoms with van der Waals surface area (Å²) in [6, 6.07) is 3.45. The lowest BCUT2D eigenvalue weighted by atomic mass is 10.2. The molecular formula is C14H18N4O2. The molecule has 106 valence electrons. The summed E-state index contributed by atoms with van der Waals surface area (Å²) in [5.74, 6) is 0.379. The summed E-state index contributed by atoms with van der Waals surface area (Å²) in [5.41, 5.74) is 3.25. The number of carbonyl (C=O) groups is 1. The van der Waals surface area contributed by atoms with E-state index in [1.807, 2.05) is 18.7 Å². The van der Waals surface area contributed by atoms with Gasteiger partial charge in [0.15, 0.2) is 5.76 Å². The van der Waals surface area contributed by atoms with Crippen molar-refractivity contribution in [2.24, 2.45) is 0 Å². The molecule has 1 aliphatic rings. The third-order valence-electron chi connectivity index (χ3n) is 3.70. The maximum atomic E-state index is 12.2. The molecule has 0 saturated carbocycles. The number of nitrogens with one attached hydrogen (secondary N) is 1. The molecule has 3 heterocycles. The minimum Gasteiger partial charge on any atom is -0.459 e. The van der Waals surface area contributed by atoms with Crippen molar-refractivity contribution in [2.45, 2.75) is 13.8 Å². The zero-order chi connectivity index (χ0) is 14.1. The highest BCUT2D eigenvalue weighted by molar-refractivity contribution is 5.91. The van der Waals surface area contributed by atoms with Crippen LogP contribution in [0.4, 0.5) is 5.69 Å². The van der Waals surface area contributed by atoms with Gasteiger partial charge in [0.2, 0.25) is 0 Å². The Morgan fingerprint density at radius 1 is 1.30 bits per heavy atom. The number of hydrogen-bond donors (Lipinski definition) is 1. The van der Waals surface area contributed by atoms with Crippen molar-refractivity contribution >= 4 is 11.6 Å². The standard InChI is InChI=1S/C14H18N4O2/c1-10-13(11(2)16-15-10)17-5-7-18(8-6-17)14(19)12-4-3-9-20-12/h3-4,9H,5-8H2,1-2H3,(H,15,16). The molecule has 0 spiro atoms. The lowest BCUT2D eigenvalue weighted by Gasteiger charge is -2.35. The smallest absolute Gasteiger partial charge is 0.289 e. The molecule has 1 N–H and O–H groups in total. The second-order valence-corrected chi connectivity index (χ2v) is 5.04. The maximum absolute atomic E-state index is 12.2. The average Bonchev–Trinajstić information content (AvgIpc) is 3.09. The first-order valence-corrected chi connectivity index (χ1v) is 6.76. The topological polar surface area (TPSA) is 65.4 Å². The first-order valence-electron chi connectivity index (χ1n) is 6.76. The van der Waals surface area contributed by atoms with Gasteiger partial charge in [-0.15, -0.1) is 0 Å². The Bertz CT molecular complexity index is 575. The van der Waals surface area contributed by atoms with Gasteiger partial charge < -0.3 is 14.2 Å². The van der Waals surface area contributed by atoms with Crippen molar-refractivity contribution < 1.29 is 9.21 Å². The number of nitrogens with zero attached hydrogens (tertiary/aromatic N) is 3. The number of aromatic nitrogens is 2. The van der Waals surface area contributed by atoms with Crippen LogP contribution >= 0.6 is 0 Å². The Hall–Kier alpha value is -2.24. The molecule has 20 heavy (non-hydrogen) atoms. The van der Waals surface area contributed by atoms with Gasteiger partial charge in [-0.05, 0) is 26.0 Å². The summed E-state index contributed by atoms with van der Waals surface area (Å²) in [4.78, 5) is 16.3. The minimum absolute atomic E-state index is 0.0321. The first-order chi connectivity index (χ1) is 9.66. The first kappa shape index (κ1) is 12.8. The van der Waals surface area contributed by atoms with Crippen molar-refractivity contribution in [1.82, 2.24) is 15.1 Å². The minimum atomic E-state index is -0.0321. The average molecular weight is 274 g/mol. The Labute approximate surface area is 117 Å². The van der Waals surface area contributed by atoms with Crippen LogP contribution in [0.15, 0.2) is 22.8 Å². The molecule has 2 aromatic heterocycles. The number of rotatable bonds is 2. The molecule has 0 radical (unpaired) electrons. The predicted octanol–water partition coefficient (Wildman–Crippen LogP) is 1.58. The fourth-order valence-corrected chi connectivity index (χ4v) is 2.70. The monoisotopic (exact) mass is 274 g/mol. The van der Waals surface area contributed by atoms with E-state index >= 15 is 0 Å². The molecule has 1 saturated heterocycles. The van der Waals surface area contributed by atoms with Crippen LogP contribution in [0.1, 0.15) is 21.9 Å². The molecule has 0 atom stereocenters. The molecule has 0 aromatic carbocycles. The van der Waals surface area contributed by atoms with Gasteiger partial charge in [0, 0.05) is 26.2 Å². The van der Waals surface area contributed by atoms with Gasteiger partial charge in [-0.3, -0.25) is 9.89 Å². The van der Waals surface area contributed by atoms with Crippen LogP contribution in [0.25, 0.3) is 0 Å². The maximum Gasteiger partial charge on any atom is 0.289 e. The van der Waals surface area contributed by atoms with Crippen molar-refractivity contribution in [3.63, 3.8) is 0 Å². The number of carbonyl (C=O) groups excluding carboxylic acids is 1. The van der Waals surface area contributed by atoms with Gasteiger partial charge in [-0.2, -0.15) is 5.10 Å². The summed E-state index contributed by atoms with van der Waals surface area (Å²) in [5, 5.41) is 7.23. The Balaban J connectivity index is 1.67. The summed E-state index contributed by atoms with van der Waals surface area (Å²) in [6.45, 7) is 7.05. The molecule has 1 fully saturated rings.